The van der Waals surface area contributed by atoms with Crippen LogP contribution < -0.4 is 10.2 Å². The first-order valence-corrected chi connectivity index (χ1v) is 8.85. The number of nitrogens with zero attached hydrogens (tertiary/aromatic N) is 5. The number of pyridine rings is 1. The topological polar surface area (TPSA) is 84.6 Å². The number of hydrogen-bond acceptors (Lipinski definition) is 6. The molecule has 152 valence electrons. The molecule has 1 N–H and O–H groups in total. The Morgan fingerprint density at radius 3 is 2.68 bits per heavy atom. The van der Waals surface area contributed by atoms with Crippen LogP contribution in [0.1, 0.15) is 24.3 Å². The highest BCUT2D eigenvalue weighted by molar-refractivity contribution is 5.92. The van der Waals surface area contributed by atoms with Gasteiger partial charge in [-0.3, -0.25) is 14.7 Å². The normalized spacial score (nSPS) is 20.6. The summed E-state index contributed by atoms with van der Waals surface area (Å²) in [4.78, 5) is 22.4. The van der Waals surface area contributed by atoms with E-state index in [9.17, 15) is 23.2 Å². The summed E-state index contributed by atoms with van der Waals surface area (Å²) in [5.74, 6) is -0.343. The maximum Gasteiger partial charge on any atom is 0.411 e. The van der Waals surface area contributed by atoms with E-state index in [4.69, 9.17) is 0 Å². The number of aromatic nitrogens is 1. The first kappa shape index (κ1) is 21.6. The Kier molecular flexibility index (Phi) is 6.61. The van der Waals surface area contributed by atoms with Gasteiger partial charge < -0.3 is 10.2 Å². The molecule has 1 amide bonds. The molecule has 1 aromatic heterocycles. The average Bonchev–Trinajstić information content (AvgIpc) is 2.70. The molecule has 1 saturated heterocycles. The van der Waals surface area contributed by atoms with Crippen LogP contribution in [0.25, 0.3) is 0 Å². The molecule has 2 unspecified atom stereocenters. The predicted octanol–water partition coefficient (Wildman–Crippen LogP) is 1.87. The predicted molar refractivity (Wildman–Crippen MR) is 99.4 cm³/mol. The van der Waals surface area contributed by atoms with Crippen molar-refractivity contribution in [2.24, 2.45) is 4.99 Å². The minimum absolute atomic E-state index is 0.0978. The summed E-state index contributed by atoms with van der Waals surface area (Å²) in [5, 5.41) is 12.0. The number of carbonyl (C=O) groups is 1. The van der Waals surface area contributed by atoms with Gasteiger partial charge in [0.25, 0.3) is 5.91 Å². The molecule has 7 nitrogen and oxygen atoms in total. The van der Waals surface area contributed by atoms with Crippen molar-refractivity contribution in [1.29, 1.82) is 5.26 Å². The Bertz CT molecular complexity index is 758. The maximum absolute atomic E-state index is 13.7. The summed E-state index contributed by atoms with van der Waals surface area (Å²) in [6.45, 7) is 3.21. The zero-order valence-corrected chi connectivity index (χ0v) is 16.0. The number of rotatable bonds is 5. The lowest BCUT2D eigenvalue weighted by Crippen LogP contribution is -2.65. The van der Waals surface area contributed by atoms with E-state index in [2.05, 4.69) is 21.4 Å². The molecule has 10 heteroatoms. The number of halogens is 3. The van der Waals surface area contributed by atoms with Crippen molar-refractivity contribution in [3.8, 4) is 6.07 Å². The van der Waals surface area contributed by atoms with Crippen LogP contribution in [-0.2, 0) is 0 Å². The van der Waals surface area contributed by atoms with Crippen LogP contribution >= 0.6 is 0 Å². The molecule has 0 radical (unpaired) electrons. The summed E-state index contributed by atoms with van der Waals surface area (Å²) >= 11 is 0. The van der Waals surface area contributed by atoms with Crippen LogP contribution in [0.4, 0.5) is 18.9 Å². The van der Waals surface area contributed by atoms with E-state index in [1.165, 1.54) is 24.2 Å². The third-order valence-electron chi connectivity index (χ3n) is 4.82. The van der Waals surface area contributed by atoms with Crippen LogP contribution in [0.3, 0.4) is 0 Å². The first-order valence-electron chi connectivity index (χ1n) is 8.85. The number of anilines is 1. The number of nitrogens with one attached hydrogen (secondary N) is 1. The quantitative estimate of drug-likeness (QED) is 0.768. The zero-order chi connectivity index (χ0) is 20.9. The Labute approximate surface area is 161 Å². The lowest BCUT2D eigenvalue weighted by molar-refractivity contribution is -0.201. The smallest absolute Gasteiger partial charge is 0.354 e. The molecule has 0 aromatic carbocycles. The highest BCUT2D eigenvalue weighted by Gasteiger charge is 2.55. The molecular weight excluding hydrogens is 373 g/mol. The van der Waals surface area contributed by atoms with Crippen molar-refractivity contribution >= 4 is 17.8 Å². The van der Waals surface area contributed by atoms with E-state index in [1.807, 2.05) is 0 Å². The average molecular weight is 396 g/mol. The Morgan fingerprint density at radius 2 is 2.18 bits per heavy atom. The second-order valence-electron chi connectivity index (χ2n) is 6.54. The number of nitriles is 1. The molecule has 2 heterocycles. The van der Waals surface area contributed by atoms with E-state index >= 15 is 0 Å². The molecule has 1 fully saturated rings. The van der Waals surface area contributed by atoms with Crippen molar-refractivity contribution in [2.45, 2.75) is 31.6 Å². The molecule has 2 rings (SSSR count). The standard InChI is InChI=1S/C18H23F3N6O/c1-4-24-12-17(2,18(19,20)21)26-7-8-27(14(9-22)11-26)13-5-6-15(25-10-13)16(28)23-3/h5-6,10,12,14H,4,7-8,11H2,1-3H3,(H,23,28). The van der Waals surface area contributed by atoms with E-state index in [-0.39, 0.29) is 37.8 Å². The van der Waals surface area contributed by atoms with Crippen molar-refractivity contribution < 1.29 is 18.0 Å². The monoisotopic (exact) mass is 396 g/mol. The summed E-state index contributed by atoms with van der Waals surface area (Å²) in [5.41, 5.74) is -1.44. The molecule has 28 heavy (non-hydrogen) atoms. The number of carbonyl (C=O) groups excluding carboxylic acids is 1. The highest BCUT2D eigenvalue weighted by Crippen LogP contribution is 2.36. The number of hydrogen-bond donors (Lipinski definition) is 1. The van der Waals surface area contributed by atoms with Crippen molar-refractivity contribution in [2.75, 3.05) is 38.1 Å². The summed E-state index contributed by atoms with van der Waals surface area (Å²) in [6.07, 6.45) is -2.15. The number of aliphatic imine (C=N–C) groups is 1. The van der Waals surface area contributed by atoms with Gasteiger partial charge in [-0.15, -0.1) is 0 Å². The summed E-state index contributed by atoms with van der Waals surface area (Å²) in [6, 6.07) is 4.44. The molecule has 0 spiro atoms. The molecule has 0 bridgehead atoms. The number of amides is 1. The Hall–Kier alpha value is -2.67. The fourth-order valence-corrected chi connectivity index (χ4v) is 3.05. The fraction of sp³-hybridized carbons (Fsp3) is 0.556. The van der Waals surface area contributed by atoms with E-state index in [0.29, 0.717) is 5.69 Å². The minimum Gasteiger partial charge on any atom is -0.354 e. The Morgan fingerprint density at radius 1 is 1.46 bits per heavy atom. The van der Waals surface area contributed by atoms with Gasteiger partial charge in [0.2, 0.25) is 0 Å². The van der Waals surface area contributed by atoms with E-state index in [0.717, 1.165) is 13.1 Å². The van der Waals surface area contributed by atoms with Crippen LogP contribution in [0, 0.1) is 11.3 Å². The molecule has 0 aliphatic carbocycles. The van der Waals surface area contributed by atoms with Crippen LogP contribution in [-0.4, -0.2) is 73.0 Å². The third kappa shape index (κ3) is 4.25. The highest BCUT2D eigenvalue weighted by atomic mass is 19.4. The number of piperazine rings is 1. The fourth-order valence-electron chi connectivity index (χ4n) is 3.05. The first-order chi connectivity index (χ1) is 13.2. The maximum atomic E-state index is 13.7. The van der Waals surface area contributed by atoms with Crippen LogP contribution in [0.2, 0.25) is 0 Å². The number of alkyl halides is 3. The lowest BCUT2D eigenvalue weighted by Gasteiger charge is -2.47. The van der Waals surface area contributed by atoms with Crippen molar-refractivity contribution in [1.82, 2.24) is 15.2 Å². The molecule has 1 aliphatic heterocycles. The van der Waals surface area contributed by atoms with E-state index in [1.54, 1.807) is 17.9 Å². The van der Waals surface area contributed by atoms with Gasteiger partial charge >= 0.3 is 6.18 Å². The molecule has 0 saturated carbocycles. The van der Waals surface area contributed by atoms with E-state index < -0.39 is 17.8 Å². The van der Waals surface area contributed by atoms with Gasteiger partial charge in [0.1, 0.15) is 17.3 Å². The van der Waals surface area contributed by atoms with Gasteiger partial charge in [0.15, 0.2) is 0 Å². The van der Waals surface area contributed by atoms with Crippen LogP contribution in [0.15, 0.2) is 23.3 Å². The Balaban J connectivity index is 2.24. The van der Waals surface area contributed by atoms with Crippen molar-refractivity contribution in [3.05, 3.63) is 24.0 Å². The summed E-state index contributed by atoms with van der Waals surface area (Å²) in [7, 11) is 1.49. The summed E-state index contributed by atoms with van der Waals surface area (Å²) < 4.78 is 41.2. The largest absolute Gasteiger partial charge is 0.411 e. The second-order valence-corrected chi connectivity index (χ2v) is 6.54. The van der Waals surface area contributed by atoms with Gasteiger partial charge in [-0.05, 0) is 26.0 Å². The van der Waals surface area contributed by atoms with Gasteiger partial charge in [-0.25, -0.2) is 4.98 Å². The van der Waals surface area contributed by atoms with Gasteiger partial charge in [-0.1, -0.05) is 0 Å². The van der Waals surface area contributed by atoms with Gasteiger partial charge in [0, 0.05) is 39.4 Å². The van der Waals surface area contributed by atoms with Crippen LogP contribution in [0.5, 0.6) is 0 Å². The molecule has 2 atom stereocenters. The minimum atomic E-state index is -4.52. The second kappa shape index (κ2) is 8.56. The third-order valence-corrected chi connectivity index (χ3v) is 4.82. The molecule has 1 aromatic rings. The van der Waals surface area contributed by atoms with Crippen molar-refractivity contribution in [3.63, 3.8) is 0 Å². The van der Waals surface area contributed by atoms with Gasteiger partial charge in [-0.2, -0.15) is 18.4 Å². The SMILES string of the molecule is CCN=CC(C)(N1CCN(c2ccc(C(=O)NC)nc2)C(C#N)C1)C(F)(F)F. The zero-order valence-electron chi connectivity index (χ0n) is 16.0. The van der Waals surface area contributed by atoms with Gasteiger partial charge in [0.05, 0.1) is 18.0 Å². The molecular formula is C18H23F3N6O. The molecule has 1 aliphatic rings. The lowest BCUT2D eigenvalue weighted by atomic mass is 9.97.